The summed E-state index contributed by atoms with van der Waals surface area (Å²) in [5.41, 5.74) is 2.95. The number of nitrogens with zero attached hydrogens (tertiary/aromatic N) is 2. The zero-order valence-electron chi connectivity index (χ0n) is 16.9. The van der Waals surface area contributed by atoms with Gasteiger partial charge in [0.05, 0.1) is 19.8 Å². The molecule has 6 nitrogen and oxygen atoms in total. The summed E-state index contributed by atoms with van der Waals surface area (Å²) in [6, 6.07) is 13.9. The fraction of sp³-hybridized carbons (Fsp3) is 0.409. The molecule has 1 heterocycles. The summed E-state index contributed by atoms with van der Waals surface area (Å²) in [7, 11) is 5.26. The molecule has 150 valence electrons. The van der Waals surface area contributed by atoms with Crippen molar-refractivity contribution in [2.24, 2.45) is 0 Å². The molecule has 1 N–H and O–H groups in total. The third-order valence-corrected chi connectivity index (χ3v) is 5.15. The van der Waals surface area contributed by atoms with Gasteiger partial charge in [-0.3, -0.25) is 4.79 Å². The minimum absolute atomic E-state index is 0.162. The molecule has 1 amide bonds. The van der Waals surface area contributed by atoms with Crippen LogP contribution in [0.2, 0.25) is 0 Å². The van der Waals surface area contributed by atoms with E-state index in [0.29, 0.717) is 23.6 Å². The van der Waals surface area contributed by atoms with Crippen LogP contribution in [0.25, 0.3) is 0 Å². The van der Waals surface area contributed by atoms with E-state index in [1.165, 1.54) is 18.4 Å². The largest absolute Gasteiger partial charge is 0.493 e. The van der Waals surface area contributed by atoms with Gasteiger partial charge < -0.3 is 24.6 Å². The lowest BCUT2D eigenvalue weighted by Crippen LogP contribution is -2.44. The first-order chi connectivity index (χ1) is 13.6. The second-order valence-electron chi connectivity index (χ2n) is 7.00. The Kier molecular flexibility index (Phi) is 6.76. The molecule has 0 bridgehead atoms. The number of carbonyl (C=O) groups is 1. The lowest BCUT2D eigenvalue weighted by atomic mass is 10.1. The number of benzene rings is 2. The van der Waals surface area contributed by atoms with Gasteiger partial charge >= 0.3 is 0 Å². The average molecular weight is 383 g/mol. The summed E-state index contributed by atoms with van der Waals surface area (Å²) in [6.07, 6.45) is 0.779. The van der Waals surface area contributed by atoms with Crippen molar-refractivity contribution in [3.63, 3.8) is 0 Å². The average Bonchev–Trinajstić information content (AvgIpc) is 2.74. The van der Waals surface area contributed by atoms with Crippen LogP contribution >= 0.6 is 0 Å². The Morgan fingerprint density at radius 2 is 1.71 bits per heavy atom. The standard InChI is InChI=1S/C22H29N3O3/c1-24-13-15-25(16-14-24)18-9-7-17(8-10-18)11-12-23-22(26)19-5-4-6-20(27-2)21(19)28-3/h4-10H,11-16H2,1-3H3,(H,23,26). The van der Waals surface area contributed by atoms with E-state index in [0.717, 1.165) is 32.6 Å². The monoisotopic (exact) mass is 383 g/mol. The molecule has 1 aliphatic heterocycles. The topological polar surface area (TPSA) is 54.0 Å². The van der Waals surface area contributed by atoms with Crippen molar-refractivity contribution in [3.8, 4) is 11.5 Å². The molecule has 0 atom stereocenters. The first-order valence-corrected chi connectivity index (χ1v) is 9.64. The van der Waals surface area contributed by atoms with E-state index in [1.807, 2.05) is 0 Å². The minimum Gasteiger partial charge on any atom is -0.493 e. The van der Waals surface area contributed by atoms with Crippen LogP contribution in [0.3, 0.4) is 0 Å². The zero-order chi connectivity index (χ0) is 19.9. The Morgan fingerprint density at radius 1 is 1.00 bits per heavy atom. The molecule has 1 saturated heterocycles. The number of carbonyl (C=O) groups excluding carboxylic acids is 1. The summed E-state index contributed by atoms with van der Waals surface area (Å²) < 4.78 is 10.6. The van der Waals surface area contributed by atoms with Gasteiger partial charge in [-0.25, -0.2) is 0 Å². The molecule has 0 aromatic heterocycles. The Hall–Kier alpha value is -2.73. The van der Waals surface area contributed by atoms with Crippen LogP contribution in [-0.4, -0.2) is 64.8 Å². The van der Waals surface area contributed by atoms with Crippen LogP contribution in [0.1, 0.15) is 15.9 Å². The number of para-hydroxylation sites is 1. The molecular weight excluding hydrogens is 354 g/mol. The highest BCUT2D eigenvalue weighted by atomic mass is 16.5. The van der Waals surface area contributed by atoms with Crippen molar-refractivity contribution in [2.45, 2.75) is 6.42 Å². The lowest BCUT2D eigenvalue weighted by Gasteiger charge is -2.34. The second kappa shape index (κ2) is 9.46. The van der Waals surface area contributed by atoms with Gasteiger partial charge in [0.25, 0.3) is 5.91 Å². The van der Waals surface area contributed by atoms with Crippen molar-refractivity contribution >= 4 is 11.6 Å². The summed E-state index contributed by atoms with van der Waals surface area (Å²) >= 11 is 0. The molecule has 2 aromatic carbocycles. The van der Waals surface area contributed by atoms with Crippen LogP contribution in [0, 0.1) is 0 Å². The van der Waals surface area contributed by atoms with Gasteiger partial charge in [0.1, 0.15) is 0 Å². The quantitative estimate of drug-likeness (QED) is 0.796. The maximum atomic E-state index is 12.5. The molecule has 1 fully saturated rings. The van der Waals surface area contributed by atoms with Crippen LogP contribution < -0.4 is 19.7 Å². The van der Waals surface area contributed by atoms with Gasteiger partial charge in [0.2, 0.25) is 0 Å². The molecule has 1 aliphatic rings. The number of hydrogen-bond acceptors (Lipinski definition) is 5. The van der Waals surface area contributed by atoms with Crippen LogP contribution in [-0.2, 0) is 6.42 Å². The fourth-order valence-corrected chi connectivity index (χ4v) is 3.42. The smallest absolute Gasteiger partial charge is 0.255 e. The molecule has 2 aromatic rings. The van der Waals surface area contributed by atoms with Crippen molar-refractivity contribution in [3.05, 3.63) is 53.6 Å². The van der Waals surface area contributed by atoms with Crippen molar-refractivity contribution in [2.75, 3.05) is 58.9 Å². The number of methoxy groups -OCH3 is 2. The molecule has 0 aliphatic carbocycles. The molecule has 0 spiro atoms. The van der Waals surface area contributed by atoms with E-state index in [9.17, 15) is 4.79 Å². The normalized spacial score (nSPS) is 14.6. The van der Waals surface area contributed by atoms with Crippen molar-refractivity contribution in [1.82, 2.24) is 10.2 Å². The molecule has 0 saturated carbocycles. The number of hydrogen-bond donors (Lipinski definition) is 1. The summed E-state index contributed by atoms with van der Waals surface area (Å²) in [5.74, 6) is 0.846. The van der Waals surface area contributed by atoms with E-state index in [-0.39, 0.29) is 5.91 Å². The van der Waals surface area contributed by atoms with Crippen LogP contribution in [0.5, 0.6) is 11.5 Å². The predicted molar refractivity (Wildman–Crippen MR) is 112 cm³/mol. The van der Waals surface area contributed by atoms with Gasteiger partial charge in [-0.2, -0.15) is 0 Å². The summed E-state index contributed by atoms with van der Waals surface area (Å²) in [4.78, 5) is 17.3. The Morgan fingerprint density at radius 3 is 2.36 bits per heavy atom. The predicted octanol–water partition coefficient (Wildman–Crippen LogP) is 2.43. The Bertz CT molecular complexity index is 784. The third-order valence-electron chi connectivity index (χ3n) is 5.15. The number of rotatable bonds is 7. The van der Waals surface area contributed by atoms with E-state index >= 15 is 0 Å². The molecule has 0 unspecified atom stereocenters. The first kappa shape index (κ1) is 20.0. The molecule has 6 heteroatoms. The van der Waals surface area contributed by atoms with Crippen LogP contribution in [0.15, 0.2) is 42.5 Å². The summed E-state index contributed by atoms with van der Waals surface area (Å²) in [6.45, 7) is 4.89. The second-order valence-corrected chi connectivity index (χ2v) is 7.00. The highest BCUT2D eigenvalue weighted by molar-refractivity contribution is 5.97. The lowest BCUT2D eigenvalue weighted by molar-refractivity contribution is 0.0950. The van der Waals surface area contributed by atoms with E-state index in [1.54, 1.807) is 25.3 Å². The maximum absolute atomic E-state index is 12.5. The van der Waals surface area contributed by atoms with Crippen molar-refractivity contribution < 1.29 is 14.3 Å². The van der Waals surface area contributed by atoms with Gasteiger partial charge in [-0.1, -0.05) is 18.2 Å². The number of nitrogens with one attached hydrogen (secondary N) is 1. The zero-order valence-corrected chi connectivity index (χ0v) is 16.9. The van der Waals surface area contributed by atoms with Crippen LogP contribution in [0.4, 0.5) is 5.69 Å². The highest BCUT2D eigenvalue weighted by Gasteiger charge is 2.16. The van der Waals surface area contributed by atoms with Gasteiger partial charge in [-0.15, -0.1) is 0 Å². The molecular formula is C22H29N3O3. The number of amides is 1. The van der Waals surface area contributed by atoms with E-state index in [2.05, 4.69) is 46.4 Å². The summed E-state index contributed by atoms with van der Waals surface area (Å²) in [5, 5.41) is 2.97. The Balaban J connectivity index is 1.53. The maximum Gasteiger partial charge on any atom is 0.255 e. The SMILES string of the molecule is COc1cccc(C(=O)NCCc2ccc(N3CCN(C)CC3)cc2)c1OC. The van der Waals surface area contributed by atoms with Crippen molar-refractivity contribution in [1.29, 1.82) is 0 Å². The molecule has 28 heavy (non-hydrogen) atoms. The third kappa shape index (κ3) is 4.75. The fourth-order valence-electron chi connectivity index (χ4n) is 3.42. The number of ether oxygens (including phenoxy) is 2. The van der Waals surface area contributed by atoms with Gasteiger partial charge in [-0.05, 0) is 43.3 Å². The molecule has 0 radical (unpaired) electrons. The first-order valence-electron chi connectivity index (χ1n) is 9.64. The van der Waals surface area contributed by atoms with E-state index in [4.69, 9.17) is 9.47 Å². The number of piperazine rings is 1. The number of likely N-dealkylation sites (N-methyl/N-ethyl adjacent to an activating group) is 1. The number of anilines is 1. The highest BCUT2D eigenvalue weighted by Crippen LogP contribution is 2.30. The van der Waals surface area contributed by atoms with Gasteiger partial charge in [0.15, 0.2) is 11.5 Å². The minimum atomic E-state index is -0.162. The van der Waals surface area contributed by atoms with Gasteiger partial charge in [0, 0.05) is 38.4 Å². The van der Waals surface area contributed by atoms with E-state index < -0.39 is 0 Å². The Labute approximate surface area is 167 Å². The molecule has 3 rings (SSSR count).